The van der Waals surface area contributed by atoms with E-state index in [1.165, 1.54) is 31.7 Å². The molecule has 126 valence electrons. The molecule has 0 N–H and O–H groups in total. The molecule has 24 heavy (non-hydrogen) atoms. The van der Waals surface area contributed by atoms with Gasteiger partial charge in [0.1, 0.15) is 0 Å². The van der Waals surface area contributed by atoms with Crippen molar-refractivity contribution in [3.8, 4) is 5.75 Å². The first-order chi connectivity index (χ1) is 11.6. The average molecular weight is 330 g/mol. The number of rotatable bonds is 7. The number of nitrogens with zero attached hydrogens (tertiary/aromatic N) is 2. The number of hydrogen-bond acceptors (Lipinski definition) is 3. The highest BCUT2D eigenvalue weighted by Gasteiger charge is 2.10. The molecule has 0 fully saturated rings. The summed E-state index contributed by atoms with van der Waals surface area (Å²) < 4.78 is 31.7. The summed E-state index contributed by atoms with van der Waals surface area (Å²) >= 11 is 0. The van der Waals surface area contributed by atoms with Crippen LogP contribution in [0.1, 0.15) is 36.5 Å². The third kappa shape index (κ3) is 4.98. The Hall–Kier alpha value is -2.56. The van der Waals surface area contributed by atoms with Gasteiger partial charge in [0.2, 0.25) is 0 Å². The second-order valence-corrected chi connectivity index (χ2v) is 5.35. The third-order valence-electron chi connectivity index (χ3n) is 3.50. The Bertz CT molecular complexity index is 702. The Balaban J connectivity index is 1.99. The third-order valence-corrected chi connectivity index (χ3v) is 3.50. The number of benzene rings is 2. The van der Waals surface area contributed by atoms with Gasteiger partial charge in [0.25, 0.3) is 0 Å². The van der Waals surface area contributed by atoms with Gasteiger partial charge in [-0.25, -0.2) is 8.78 Å². The lowest BCUT2D eigenvalue weighted by molar-refractivity contribution is 0.360. The van der Waals surface area contributed by atoms with E-state index in [4.69, 9.17) is 0 Å². The summed E-state index contributed by atoms with van der Waals surface area (Å²) in [4.78, 5) is 0. The zero-order chi connectivity index (χ0) is 17.4. The van der Waals surface area contributed by atoms with Crippen LogP contribution in [0.15, 0.2) is 46.6 Å². The maximum Gasteiger partial charge on any atom is 0.190 e. The smallest absolute Gasteiger partial charge is 0.190 e. The molecule has 3 nitrogen and oxygen atoms in total. The minimum atomic E-state index is -0.773. The van der Waals surface area contributed by atoms with Crippen molar-refractivity contribution in [2.45, 2.75) is 26.2 Å². The lowest BCUT2D eigenvalue weighted by Gasteiger charge is -2.03. The summed E-state index contributed by atoms with van der Waals surface area (Å²) in [6.45, 7) is 2.17. The first kappa shape index (κ1) is 17.8. The number of methoxy groups -OCH3 is 1. The highest BCUT2D eigenvalue weighted by atomic mass is 19.1. The van der Waals surface area contributed by atoms with Crippen molar-refractivity contribution in [3.05, 3.63) is 64.7 Å². The van der Waals surface area contributed by atoms with Crippen molar-refractivity contribution in [1.82, 2.24) is 0 Å². The summed E-state index contributed by atoms with van der Waals surface area (Å²) in [6, 6.07) is 10.4. The van der Waals surface area contributed by atoms with Crippen LogP contribution >= 0.6 is 0 Å². The molecule has 0 aliphatic carbocycles. The monoisotopic (exact) mass is 330 g/mol. The summed E-state index contributed by atoms with van der Waals surface area (Å²) in [7, 11) is 1.22. The normalized spacial score (nSPS) is 11.5. The SMILES string of the molecule is CCCCc1ccc(C=NN=Cc2cc(F)c(OC)c(F)c2)cc1. The molecule has 0 heterocycles. The first-order valence-corrected chi connectivity index (χ1v) is 7.82. The standard InChI is InChI=1S/C19H20F2N2O/c1-3-4-5-14-6-8-15(9-7-14)12-22-23-13-16-10-17(20)19(24-2)18(21)11-16/h6-13H,3-5H2,1-2H3. The van der Waals surface area contributed by atoms with E-state index in [0.717, 1.165) is 24.1 Å². The molecule has 5 heteroatoms. The Morgan fingerprint density at radius 1 is 0.958 bits per heavy atom. The minimum Gasteiger partial charge on any atom is -0.491 e. The zero-order valence-electron chi connectivity index (χ0n) is 13.8. The second kappa shape index (κ2) is 8.91. The van der Waals surface area contributed by atoms with E-state index in [9.17, 15) is 8.78 Å². The second-order valence-electron chi connectivity index (χ2n) is 5.35. The summed E-state index contributed by atoms with van der Waals surface area (Å²) in [5.41, 5.74) is 2.49. The molecule has 0 saturated carbocycles. The van der Waals surface area contributed by atoms with Gasteiger partial charge in [-0.15, -0.1) is 0 Å². The molecule has 0 aliphatic heterocycles. The van der Waals surface area contributed by atoms with Crippen LogP contribution in [0.5, 0.6) is 5.75 Å². The quantitative estimate of drug-likeness (QED) is 0.532. The maximum absolute atomic E-state index is 13.5. The van der Waals surface area contributed by atoms with E-state index in [1.807, 2.05) is 12.1 Å². The topological polar surface area (TPSA) is 34.0 Å². The van der Waals surface area contributed by atoms with Gasteiger partial charge in [-0.3, -0.25) is 0 Å². The highest BCUT2D eigenvalue weighted by molar-refractivity contribution is 5.82. The Labute approximate surface area is 140 Å². The van der Waals surface area contributed by atoms with E-state index in [1.54, 1.807) is 6.21 Å². The molecule has 0 atom stereocenters. The molecular weight excluding hydrogens is 310 g/mol. The van der Waals surface area contributed by atoms with Crippen LogP contribution in [0.4, 0.5) is 8.78 Å². The molecule has 0 bridgehead atoms. The van der Waals surface area contributed by atoms with E-state index in [0.29, 0.717) is 0 Å². The number of aryl methyl sites for hydroxylation is 1. The zero-order valence-corrected chi connectivity index (χ0v) is 13.8. The van der Waals surface area contributed by atoms with Crippen molar-refractivity contribution in [2.24, 2.45) is 10.2 Å². The molecule has 0 unspecified atom stereocenters. The molecule has 0 radical (unpaired) electrons. The molecule has 0 aliphatic rings. The minimum absolute atomic E-state index is 0.276. The lowest BCUT2D eigenvalue weighted by Crippen LogP contribution is -1.95. The molecule has 0 spiro atoms. The maximum atomic E-state index is 13.5. The molecule has 0 saturated heterocycles. The average Bonchev–Trinajstić information content (AvgIpc) is 2.58. The van der Waals surface area contributed by atoms with E-state index >= 15 is 0 Å². The first-order valence-electron chi connectivity index (χ1n) is 7.82. The van der Waals surface area contributed by atoms with Gasteiger partial charge >= 0.3 is 0 Å². The van der Waals surface area contributed by atoms with Crippen LogP contribution in [0, 0.1) is 11.6 Å². The highest BCUT2D eigenvalue weighted by Crippen LogP contribution is 2.22. The van der Waals surface area contributed by atoms with Gasteiger partial charge < -0.3 is 4.74 Å². The molecular formula is C19H20F2N2O. The Morgan fingerprint density at radius 3 is 2.08 bits per heavy atom. The van der Waals surface area contributed by atoms with Gasteiger partial charge in [-0.05, 0) is 36.1 Å². The van der Waals surface area contributed by atoms with Crippen LogP contribution in [-0.4, -0.2) is 19.5 Å². The van der Waals surface area contributed by atoms with Crippen molar-refractivity contribution in [2.75, 3.05) is 7.11 Å². The number of ether oxygens (including phenoxy) is 1. The molecule has 2 aromatic carbocycles. The van der Waals surface area contributed by atoms with Crippen LogP contribution in [-0.2, 0) is 6.42 Å². The molecule has 2 aromatic rings. The van der Waals surface area contributed by atoms with Gasteiger partial charge in [0.05, 0.1) is 19.5 Å². The summed E-state index contributed by atoms with van der Waals surface area (Å²) in [5.74, 6) is -1.95. The predicted octanol–water partition coefficient (Wildman–Crippen LogP) is 4.77. The number of hydrogen-bond donors (Lipinski definition) is 0. The Morgan fingerprint density at radius 2 is 1.54 bits per heavy atom. The van der Waals surface area contributed by atoms with E-state index in [-0.39, 0.29) is 5.56 Å². The number of unbranched alkanes of at least 4 members (excludes halogenated alkanes) is 1. The molecule has 0 amide bonds. The van der Waals surface area contributed by atoms with Gasteiger partial charge in [-0.2, -0.15) is 10.2 Å². The van der Waals surface area contributed by atoms with Crippen LogP contribution in [0.2, 0.25) is 0 Å². The van der Waals surface area contributed by atoms with Crippen molar-refractivity contribution in [3.63, 3.8) is 0 Å². The summed E-state index contributed by atoms with van der Waals surface area (Å²) in [5, 5.41) is 7.72. The predicted molar refractivity (Wildman–Crippen MR) is 93.2 cm³/mol. The largest absolute Gasteiger partial charge is 0.491 e. The van der Waals surface area contributed by atoms with E-state index < -0.39 is 17.4 Å². The van der Waals surface area contributed by atoms with Crippen molar-refractivity contribution < 1.29 is 13.5 Å². The number of halogens is 2. The molecule has 0 aromatic heterocycles. The fraction of sp³-hybridized carbons (Fsp3) is 0.263. The van der Waals surface area contributed by atoms with Crippen LogP contribution < -0.4 is 4.74 Å². The summed E-state index contributed by atoms with van der Waals surface area (Å²) in [6.07, 6.45) is 6.30. The van der Waals surface area contributed by atoms with Crippen molar-refractivity contribution >= 4 is 12.4 Å². The lowest BCUT2D eigenvalue weighted by atomic mass is 10.1. The van der Waals surface area contributed by atoms with Crippen LogP contribution in [0.25, 0.3) is 0 Å². The molecule has 2 rings (SSSR count). The van der Waals surface area contributed by atoms with Crippen LogP contribution in [0.3, 0.4) is 0 Å². The fourth-order valence-corrected chi connectivity index (χ4v) is 2.20. The van der Waals surface area contributed by atoms with Crippen molar-refractivity contribution in [1.29, 1.82) is 0 Å². The fourth-order valence-electron chi connectivity index (χ4n) is 2.20. The Kier molecular flexibility index (Phi) is 6.61. The van der Waals surface area contributed by atoms with Gasteiger partial charge in [0.15, 0.2) is 17.4 Å². The van der Waals surface area contributed by atoms with E-state index in [2.05, 4.69) is 34.0 Å². The van der Waals surface area contributed by atoms with Gasteiger partial charge in [0, 0.05) is 5.56 Å². The van der Waals surface area contributed by atoms with Gasteiger partial charge in [-0.1, -0.05) is 37.6 Å².